The van der Waals surface area contributed by atoms with Crippen LogP contribution >= 0.6 is 12.0 Å². The second-order valence-corrected chi connectivity index (χ2v) is 16.6. The summed E-state index contributed by atoms with van der Waals surface area (Å²) in [6.45, 7) is 26.9. The summed E-state index contributed by atoms with van der Waals surface area (Å²) in [7, 11) is 6.36. The summed E-state index contributed by atoms with van der Waals surface area (Å²) in [5, 5.41) is 1.93. The molecule has 0 fully saturated rings. The number of allylic oxidation sites excluding steroid dienone is 9. The van der Waals surface area contributed by atoms with Crippen LogP contribution in [-0.4, -0.2) is 50.5 Å². The zero-order valence-corrected chi connectivity index (χ0v) is 43.5. The van der Waals surface area contributed by atoms with Gasteiger partial charge in [0.1, 0.15) is 0 Å². The lowest BCUT2D eigenvalue weighted by molar-refractivity contribution is -0.104. The maximum Gasteiger partial charge on any atom is 0.153 e. The first-order chi connectivity index (χ1) is 31.9. The number of hydrogen-bond donors (Lipinski definition) is 0. The summed E-state index contributed by atoms with van der Waals surface area (Å²) in [5.74, 6) is 2.35. The monoisotopic (exact) mass is 911 g/mol. The molecule has 2 aliphatic rings. The van der Waals surface area contributed by atoms with Crippen LogP contribution in [0.2, 0.25) is 0 Å². The smallest absolute Gasteiger partial charge is 0.153 e. The average molecular weight is 911 g/mol. The van der Waals surface area contributed by atoms with E-state index < -0.39 is 0 Å². The first kappa shape index (κ1) is 58.3. The van der Waals surface area contributed by atoms with Crippen molar-refractivity contribution in [2.75, 3.05) is 44.0 Å². The number of unbranched alkanes of at least 4 members (excludes halogenated alkanes) is 2. The number of carbonyl (C=O) groups is 1. The van der Waals surface area contributed by atoms with Crippen LogP contribution in [0.3, 0.4) is 0 Å². The van der Waals surface area contributed by atoms with Gasteiger partial charge >= 0.3 is 0 Å². The van der Waals surface area contributed by atoms with Crippen molar-refractivity contribution in [1.82, 2.24) is 9.96 Å². The zero-order chi connectivity index (χ0) is 49.3. The van der Waals surface area contributed by atoms with Crippen LogP contribution in [0, 0.1) is 32.1 Å². The van der Waals surface area contributed by atoms with Gasteiger partial charge in [0.25, 0.3) is 0 Å². The summed E-state index contributed by atoms with van der Waals surface area (Å²) in [4.78, 5) is 20.9. The van der Waals surface area contributed by atoms with E-state index in [2.05, 4.69) is 207 Å². The minimum Gasteiger partial charge on any atom is -0.376 e. The Kier molecular flexibility index (Phi) is 30.6. The van der Waals surface area contributed by atoms with Crippen LogP contribution in [0.15, 0.2) is 168 Å². The molecule has 0 amide bonds. The second-order valence-electron chi connectivity index (χ2n) is 15.9. The Morgan fingerprint density at radius 1 is 0.879 bits per heavy atom. The van der Waals surface area contributed by atoms with Crippen molar-refractivity contribution in [1.29, 1.82) is 0 Å². The number of rotatable bonds is 17. The molecule has 0 spiro atoms. The van der Waals surface area contributed by atoms with E-state index in [1.54, 1.807) is 13.0 Å². The highest BCUT2D eigenvalue weighted by atomic mass is 32.2. The van der Waals surface area contributed by atoms with Crippen molar-refractivity contribution in [3.63, 3.8) is 0 Å². The molecule has 0 saturated heterocycles. The molecular weight excluding hydrogens is 829 g/mol. The van der Waals surface area contributed by atoms with E-state index in [0.29, 0.717) is 12.1 Å². The Labute approximate surface area is 407 Å². The predicted molar refractivity (Wildman–Crippen MR) is 293 cm³/mol. The van der Waals surface area contributed by atoms with Crippen molar-refractivity contribution in [2.45, 2.75) is 107 Å². The molecule has 1 aliphatic carbocycles. The quantitative estimate of drug-likeness (QED) is 0.0439. The van der Waals surface area contributed by atoms with Gasteiger partial charge in [-0.1, -0.05) is 143 Å². The number of aldehydes is 1. The molecule has 1 aliphatic heterocycles. The Hall–Kier alpha value is -5.68. The molecule has 1 atom stereocenters. The van der Waals surface area contributed by atoms with Gasteiger partial charge in [0.05, 0.1) is 28.2 Å². The molecule has 0 saturated carbocycles. The molecule has 0 N–H and O–H groups in total. The number of terminal acetylenes is 1. The third-order valence-electron chi connectivity index (χ3n) is 10.5. The van der Waals surface area contributed by atoms with Gasteiger partial charge in [-0.15, -0.1) is 25.5 Å². The summed E-state index contributed by atoms with van der Waals surface area (Å²) in [5.41, 5.74) is 10.7. The van der Waals surface area contributed by atoms with E-state index in [-0.39, 0.29) is 5.92 Å². The predicted octanol–water partition coefficient (Wildman–Crippen LogP) is 15.9. The maximum absolute atomic E-state index is 13.3. The fourth-order valence-electron chi connectivity index (χ4n) is 6.73. The Morgan fingerprint density at radius 2 is 1.45 bits per heavy atom. The maximum atomic E-state index is 13.3. The van der Waals surface area contributed by atoms with E-state index in [1.807, 2.05) is 36.3 Å². The fraction of sp³-hybridized carbons (Fsp3) is 0.373. The molecule has 0 radical (unpaired) electrons. The minimum atomic E-state index is 0.105. The molecule has 1 heterocycles. The van der Waals surface area contributed by atoms with Crippen molar-refractivity contribution in [3.8, 4) is 12.3 Å². The van der Waals surface area contributed by atoms with Gasteiger partial charge in [-0.25, -0.2) is 5.06 Å². The molecule has 7 heteroatoms. The number of likely N-dealkylation sites (N-methyl/N-ethyl adjacent to an activating group) is 2. The number of anilines is 2. The highest BCUT2D eigenvalue weighted by Gasteiger charge is 2.33. The number of nitrogens with zero attached hydrogens (tertiary/aromatic N) is 4. The van der Waals surface area contributed by atoms with Gasteiger partial charge < -0.3 is 14.7 Å². The van der Waals surface area contributed by atoms with Crippen molar-refractivity contribution < 1.29 is 9.08 Å². The summed E-state index contributed by atoms with van der Waals surface area (Å²) in [6, 6.07) is 27.4. The lowest BCUT2D eigenvalue weighted by atomic mass is 9.92. The van der Waals surface area contributed by atoms with E-state index in [4.69, 9.17) is 4.28 Å². The number of benzene rings is 3. The van der Waals surface area contributed by atoms with E-state index >= 15 is 0 Å². The first-order valence-corrected chi connectivity index (χ1v) is 24.4. The van der Waals surface area contributed by atoms with Crippen molar-refractivity contribution in [2.24, 2.45) is 5.92 Å². The fourth-order valence-corrected chi connectivity index (χ4v) is 7.67. The lowest BCUT2D eigenvalue weighted by Crippen LogP contribution is -2.31. The molecule has 0 aromatic heterocycles. The molecule has 3 aromatic rings. The van der Waals surface area contributed by atoms with Crippen LogP contribution in [0.5, 0.6) is 0 Å². The van der Waals surface area contributed by atoms with Crippen LogP contribution in [0.1, 0.15) is 110 Å². The number of aryl methyl sites for hydroxylation is 2. The molecule has 66 heavy (non-hydrogen) atoms. The van der Waals surface area contributed by atoms with Crippen LogP contribution in [0.25, 0.3) is 5.70 Å². The minimum absolute atomic E-state index is 0.105. The van der Waals surface area contributed by atoms with Gasteiger partial charge in [-0.3, -0.25) is 4.79 Å². The average Bonchev–Trinajstić information content (AvgIpc) is 3.34. The van der Waals surface area contributed by atoms with E-state index in [1.165, 1.54) is 28.9 Å². The van der Waals surface area contributed by atoms with Crippen molar-refractivity contribution >= 4 is 35.4 Å². The lowest BCUT2D eigenvalue weighted by Gasteiger charge is -2.36. The zero-order valence-electron chi connectivity index (χ0n) is 42.6. The molecular formula is C59H82N4O2S. The number of carbonyl (C=O) groups excluding carboxylic acids is 1. The van der Waals surface area contributed by atoms with Gasteiger partial charge in [-0.05, 0) is 103 Å². The highest BCUT2D eigenvalue weighted by Crippen LogP contribution is 2.45. The Morgan fingerprint density at radius 3 is 1.92 bits per heavy atom. The topological polar surface area (TPSA) is 39.3 Å². The summed E-state index contributed by atoms with van der Waals surface area (Å²) < 4.78 is 6.49. The van der Waals surface area contributed by atoms with Gasteiger partial charge in [-0.2, -0.15) is 4.28 Å². The van der Waals surface area contributed by atoms with Crippen molar-refractivity contribution in [3.05, 3.63) is 185 Å². The highest BCUT2D eigenvalue weighted by molar-refractivity contribution is 7.99. The SMILES string of the molecule is C#CC.C/C=C(\C=C/CC)N(C)c1ccc(C2=C(C=O)/C(=C(/C3C=CC(N(C)c4ccc(C)cc4)=CC3)N(C)CCCC)SON2CCCC)cc1.C=CC.C=CCC.Cc1ccccc1. The summed E-state index contributed by atoms with van der Waals surface area (Å²) >= 11 is 1.33. The standard InChI is InChI=1S/C42H56N4O2S.C7H8.C4H8.C3H6.C3H4/c1-9-13-16-35(12-4)44(7)37-25-19-33(20-26-37)40-39(31-47)42(49-48-46(40)30-15-11-3)41(43(6)29-14-10-2)34-21-27-38(28-22-34)45(8)36-23-17-32(5)18-24-36;1-7-5-3-2-4-6-7;1-3-4-2;2*1-3-2/h12-13,16-21,23-28,31,34H,9-11,14-15,22,29-30H2,1-8H3;2-6H,1H3;3H,1,4H2,2H3;3H,1H2,2H3;1H,2H3/b16-13-,35-12+,42-41+;;;;. The van der Waals surface area contributed by atoms with Gasteiger partial charge in [0.2, 0.25) is 0 Å². The molecule has 3 aromatic carbocycles. The molecule has 356 valence electrons. The van der Waals surface area contributed by atoms with Gasteiger partial charge in [0, 0.05) is 74.2 Å². The first-order valence-electron chi connectivity index (χ1n) is 23.6. The number of hydroxylamine groups is 2. The van der Waals surface area contributed by atoms with Crippen LogP contribution < -0.4 is 9.80 Å². The molecule has 5 rings (SSSR count). The van der Waals surface area contributed by atoms with Gasteiger partial charge in [0.15, 0.2) is 6.29 Å². The van der Waals surface area contributed by atoms with Crippen LogP contribution in [0.4, 0.5) is 11.4 Å². The largest absolute Gasteiger partial charge is 0.376 e. The Bertz CT molecular complexity index is 2090. The van der Waals surface area contributed by atoms with E-state index in [9.17, 15) is 4.79 Å². The summed E-state index contributed by atoms with van der Waals surface area (Å²) in [6.07, 6.45) is 29.6. The molecule has 6 nitrogen and oxygen atoms in total. The normalized spacial score (nSPS) is 14.8. The third-order valence-corrected chi connectivity index (χ3v) is 11.3. The molecule has 1 unspecified atom stereocenters. The van der Waals surface area contributed by atoms with Crippen LogP contribution in [-0.2, 0) is 9.08 Å². The van der Waals surface area contributed by atoms with E-state index in [0.717, 1.165) is 96.7 Å². The number of hydrogen-bond acceptors (Lipinski definition) is 7. The third kappa shape index (κ3) is 19.8. The second kappa shape index (κ2) is 34.6. The molecule has 0 bridgehead atoms. The Balaban J connectivity index is 0.00000109.